The number of anilines is 1. The number of hydrogen-bond acceptors (Lipinski definition) is 2. The van der Waals surface area contributed by atoms with Crippen LogP contribution in [0.25, 0.3) is 0 Å². The molecule has 2 nitrogen and oxygen atoms in total. The van der Waals surface area contributed by atoms with Crippen LogP contribution >= 0.6 is 0 Å². The Labute approximate surface area is 162 Å². The molecule has 0 atom stereocenters. The third-order valence-electron chi connectivity index (χ3n) is 5.08. The quantitative estimate of drug-likeness (QED) is 0.229. The molecule has 0 saturated heterocycles. The highest BCUT2D eigenvalue weighted by atomic mass is 16.1. The summed E-state index contributed by atoms with van der Waals surface area (Å²) in [7, 11) is 0. The number of benzene rings is 1. The van der Waals surface area contributed by atoms with E-state index in [-0.39, 0.29) is 0 Å². The molecule has 1 aromatic carbocycles. The lowest BCUT2D eigenvalue weighted by molar-refractivity contribution is 0.112. The largest absolute Gasteiger partial charge is 0.385 e. The van der Waals surface area contributed by atoms with Crippen molar-refractivity contribution in [3.05, 3.63) is 29.8 Å². The standard InChI is InChI=1S/C24H41NO/c1-22(2)15-13-11-9-7-5-3-4-6-8-10-12-14-20-25-24-18-16-23(21-26)17-19-24/h16-19,21-22,25H,3-15,20H2,1-2H3. The maximum atomic E-state index is 10.6. The second-order valence-electron chi connectivity index (χ2n) is 8.09. The van der Waals surface area contributed by atoms with Crippen LogP contribution in [0.1, 0.15) is 108 Å². The van der Waals surface area contributed by atoms with E-state index in [1.165, 1.54) is 83.5 Å². The summed E-state index contributed by atoms with van der Waals surface area (Å²) >= 11 is 0. The Balaban J connectivity index is 1.78. The van der Waals surface area contributed by atoms with Gasteiger partial charge in [-0.2, -0.15) is 0 Å². The Morgan fingerprint density at radius 3 is 1.65 bits per heavy atom. The van der Waals surface area contributed by atoms with Gasteiger partial charge in [0, 0.05) is 17.8 Å². The number of aldehydes is 1. The highest BCUT2D eigenvalue weighted by molar-refractivity contribution is 5.75. The third-order valence-corrected chi connectivity index (χ3v) is 5.08. The number of carbonyl (C=O) groups is 1. The summed E-state index contributed by atoms with van der Waals surface area (Å²) < 4.78 is 0. The molecule has 26 heavy (non-hydrogen) atoms. The minimum absolute atomic E-state index is 0.738. The van der Waals surface area contributed by atoms with Crippen LogP contribution < -0.4 is 5.32 Å². The molecule has 0 unspecified atom stereocenters. The zero-order chi connectivity index (χ0) is 18.9. The van der Waals surface area contributed by atoms with Crippen LogP contribution in [0.15, 0.2) is 24.3 Å². The Morgan fingerprint density at radius 1 is 0.731 bits per heavy atom. The Morgan fingerprint density at radius 2 is 1.19 bits per heavy atom. The highest BCUT2D eigenvalue weighted by Crippen LogP contribution is 2.14. The van der Waals surface area contributed by atoms with E-state index in [9.17, 15) is 4.79 Å². The van der Waals surface area contributed by atoms with Gasteiger partial charge in [0.1, 0.15) is 6.29 Å². The van der Waals surface area contributed by atoms with Crippen molar-refractivity contribution in [2.45, 2.75) is 97.3 Å². The molecule has 148 valence electrons. The summed E-state index contributed by atoms with van der Waals surface area (Å²) in [5, 5.41) is 3.43. The summed E-state index contributed by atoms with van der Waals surface area (Å²) in [6.45, 7) is 5.67. The van der Waals surface area contributed by atoms with Crippen LogP contribution in [0.3, 0.4) is 0 Å². The molecule has 0 radical (unpaired) electrons. The SMILES string of the molecule is CC(C)CCCCCCCCCCCCCCNc1ccc(C=O)cc1. The van der Waals surface area contributed by atoms with E-state index < -0.39 is 0 Å². The highest BCUT2D eigenvalue weighted by Gasteiger charge is 1.96. The Bertz CT molecular complexity index is 438. The van der Waals surface area contributed by atoms with Gasteiger partial charge in [-0.25, -0.2) is 0 Å². The number of hydrogen-bond donors (Lipinski definition) is 1. The summed E-state index contributed by atoms with van der Waals surface area (Å²) in [6, 6.07) is 7.68. The number of unbranched alkanes of at least 4 members (excludes halogenated alkanes) is 11. The molecule has 0 amide bonds. The molecule has 0 bridgehead atoms. The molecule has 1 aromatic rings. The van der Waals surface area contributed by atoms with Crippen molar-refractivity contribution in [3.8, 4) is 0 Å². The monoisotopic (exact) mass is 359 g/mol. The topological polar surface area (TPSA) is 29.1 Å². The average molecular weight is 360 g/mol. The molecule has 0 fully saturated rings. The Hall–Kier alpha value is -1.31. The zero-order valence-corrected chi connectivity index (χ0v) is 17.3. The van der Waals surface area contributed by atoms with Gasteiger partial charge in [-0.15, -0.1) is 0 Å². The van der Waals surface area contributed by atoms with Gasteiger partial charge in [0.15, 0.2) is 0 Å². The molecular formula is C24H41NO. The van der Waals surface area contributed by atoms with Gasteiger partial charge in [0.25, 0.3) is 0 Å². The zero-order valence-electron chi connectivity index (χ0n) is 17.3. The first-order valence-electron chi connectivity index (χ1n) is 11.0. The van der Waals surface area contributed by atoms with Crippen molar-refractivity contribution < 1.29 is 4.79 Å². The molecule has 0 saturated carbocycles. The van der Waals surface area contributed by atoms with Gasteiger partial charge in [0.05, 0.1) is 0 Å². The van der Waals surface area contributed by atoms with Gasteiger partial charge in [-0.05, 0) is 36.6 Å². The molecule has 0 aliphatic rings. The van der Waals surface area contributed by atoms with Crippen molar-refractivity contribution in [1.29, 1.82) is 0 Å². The van der Waals surface area contributed by atoms with Crippen LogP contribution in [0.2, 0.25) is 0 Å². The number of carbonyl (C=O) groups excluding carboxylic acids is 1. The van der Waals surface area contributed by atoms with Gasteiger partial charge < -0.3 is 5.32 Å². The van der Waals surface area contributed by atoms with E-state index in [1.54, 1.807) is 0 Å². The molecule has 2 heteroatoms. The summed E-state index contributed by atoms with van der Waals surface area (Å²) in [5.41, 5.74) is 1.85. The summed E-state index contributed by atoms with van der Waals surface area (Å²) in [4.78, 5) is 10.6. The van der Waals surface area contributed by atoms with Crippen molar-refractivity contribution in [2.24, 2.45) is 5.92 Å². The van der Waals surface area contributed by atoms with E-state index >= 15 is 0 Å². The predicted molar refractivity (Wildman–Crippen MR) is 115 cm³/mol. The molecule has 0 aromatic heterocycles. The van der Waals surface area contributed by atoms with E-state index in [0.717, 1.165) is 30.0 Å². The molecule has 0 aliphatic heterocycles. The lowest BCUT2D eigenvalue weighted by Gasteiger charge is -2.07. The van der Waals surface area contributed by atoms with Crippen LogP contribution in [0.4, 0.5) is 5.69 Å². The first-order chi connectivity index (χ1) is 12.7. The molecule has 0 aliphatic carbocycles. The summed E-state index contributed by atoms with van der Waals surface area (Å²) in [6.07, 6.45) is 19.0. The van der Waals surface area contributed by atoms with E-state index in [2.05, 4.69) is 19.2 Å². The predicted octanol–water partition coefficient (Wildman–Crippen LogP) is 7.64. The number of nitrogens with one attached hydrogen (secondary N) is 1. The molecular weight excluding hydrogens is 318 g/mol. The average Bonchev–Trinajstić information content (AvgIpc) is 2.65. The van der Waals surface area contributed by atoms with Gasteiger partial charge in [-0.1, -0.05) is 90.9 Å². The smallest absolute Gasteiger partial charge is 0.150 e. The maximum Gasteiger partial charge on any atom is 0.150 e. The molecule has 1 rings (SSSR count). The fourth-order valence-electron chi connectivity index (χ4n) is 3.36. The lowest BCUT2D eigenvalue weighted by Crippen LogP contribution is -2.01. The fourth-order valence-corrected chi connectivity index (χ4v) is 3.36. The van der Waals surface area contributed by atoms with Crippen LogP contribution in [-0.4, -0.2) is 12.8 Å². The third kappa shape index (κ3) is 13.0. The van der Waals surface area contributed by atoms with E-state index in [0.29, 0.717) is 0 Å². The minimum Gasteiger partial charge on any atom is -0.385 e. The second kappa shape index (κ2) is 15.9. The fraction of sp³-hybridized carbons (Fsp3) is 0.708. The van der Waals surface area contributed by atoms with Gasteiger partial charge in [-0.3, -0.25) is 4.79 Å². The number of rotatable bonds is 17. The summed E-state index contributed by atoms with van der Waals surface area (Å²) in [5.74, 6) is 0.876. The van der Waals surface area contributed by atoms with Crippen LogP contribution in [0, 0.1) is 5.92 Å². The lowest BCUT2D eigenvalue weighted by atomic mass is 10.0. The van der Waals surface area contributed by atoms with Crippen LogP contribution in [-0.2, 0) is 0 Å². The molecule has 0 heterocycles. The minimum atomic E-state index is 0.738. The molecule has 0 spiro atoms. The van der Waals surface area contributed by atoms with Crippen molar-refractivity contribution in [3.63, 3.8) is 0 Å². The maximum absolute atomic E-state index is 10.6. The van der Waals surface area contributed by atoms with Crippen molar-refractivity contribution >= 4 is 12.0 Å². The van der Waals surface area contributed by atoms with E-state index in [4.69, 9.17) is 0 Å². The first-order valence-corrected chi connectivity index (χ1v) is 11.0. The van der Waals surface area contributed by atoms with E-state index in [1.807, 2.05) is 24.3 Å². The molecule has 1 N–H and O–H groups in total. The van der Waals surface area contributed by atoms with Crippen molar-refractivity contribution in [2.75, 3.05) is 11.9 Å². The van der Waals surface area contributed by atoms with Gasteiger partial charge >= 0.3 is 0 Å². The van der Waals surface area contributed by atoms with Crippen LogP contribution in [0.5, 0.6) is 0 Å². The Kier molecular flexibility index (Phi) is 13.9. The first kappa shape index (κ1) is 22.7. The van der Waals surface area contributed by atoms with Gasteiger partial charge in [0.2, 0.25) is 0 Å². The normalized spacial score (nSPS) is 11.0. The second-order valence-corrected chi connectivity index (χ2v) is 8.09. The van der Waals surface area contributed by atoms with Crippen molar-refractivity contribution in [1.82, 2.24) is 0 Å².